The first-order chi connectivity index (χ1) is 17.5. The van der Waals surface area contributed by atoms with E-state index in [1.165, 1.54) is 12.8 Å². The molecule has 2 saturated heterocycles. The number of carbonyl (C=O) groups is 2. The van der Waals surface area contributed by atoms with Crippen molar-refractivity contribution in [1.82, 2.24) is 9.80 Å². The number of hydrogen-bond acceptors (Lipinski definition) is 4. The van der Waals surface area contributed by atoms with Crippen molar-refractivity contribution in [1.29, 1.82) is 0 Å². The van der Waals surface area contributed by atoms with E-state index >= 15 is 0 Å². The van der Waals surface area contributed by atoms with Crippen LogP contribution in [0.25, 0.3) is 0 Å². The van der Waals surface area contributed by atoms with Gasteiger partial charge in [-0.1, -0.05) is 25.7 Å². The van der Waals surface area contributed by atoms with E-state index in [1.54, 1.807) is 0 Å². The first-order valence-electron chi connectivity index (χ1n) is 15.5. The number of aliphatic carboxylic acids is 2. The number of hydrogen-bond donors (Lipinski definition) is 2. The lowest BCUT2D eigenvalue weighted by Gasteiger charge is -2.55. The van der Waals surface area contributed by atoms with Crippen molar-refractivity contribution in [2.24, 2.45) is 5.41 Å². The number of carboxylic acids is 2. The van der Waals surface area contributed by atoms with E-state index in [2.05, 4.69) is 65.2 Å². The lowest BCUT2D eigenvalue weighted by molar-refractivity contribution is -0.153. The molecule has 0 spiro atoms. The Morgan fingerprint density at radius 1 is 0.605 bits per heavy atom. The summed E-state index contributed by atoms with van der Waals surface area (Å²) >= 11 is 0. The third-order valence-corrected chi connectivity index (χ3v) is 10.2. The van der Waals surface area contributed by atoms with Crippen LogP contribution in [-0.4, -0.2) is 67.2 Å². The summed E-state index contributed by atoms with van der Waals surface area (Å²) in [6, 6.07) is 0. The Bertz CT molecular complexity index is 712. The molecule has 2 heterocycles. The molecule has 0 radical (unpaired) electrons. The normalized spacial score (nSPS) is 23.3. The van der Waals surface area contributed by atoms with Crippen LogP contribution in [-0.2, 0) is 9.59 Å². The zero-order chi connectivity index (χ0) is 28.8. The van der Waals surface area contributed by atoms with Crippen LogP contribution in [0.2, 0.25) is 0 Å². The Morgan fingerprint density at radius 3 is 1.34 bits per heavy atom. The Labute approximate surface area is 233 Å². The molecule has 0 aliphatic carbocycles. The number of piperidine rings is 2. The van der Waals surface area contributed by atoms with Gasteiger partial charge in [-0.2, -0.15) is 0 Å². The maximum Gasteiger partial charge on any atom is 0.309 e. The fourth-order valence-corrected chi connectivity index (χ4v) is 7.91. The van der Waals surface area contributed by atoms with Gasteiger partial charge >= 0.3 is 11.9 Å². The number of likely N-dealkylation sites (tertiary alicyclic amines) is 2. The molecule has 2 aliphatic heterocycles. The fourth-order valence-electron chi connectivity index (χ4n) is 7.91. The molecule has 2 fully saturated rings. The van der Waals surface area contributed by atoms with Crippen LogP contribution >= 0.6 is 0 Å². The van der Waals surface area contributed by atoms with Crippen LogP contribution in [0.5, 0.6) is 0 Å². The summed E-state index contributed by atoms with van der Waals surface area (Å²) in [5, 5.41) is 19.7. The average Bonchev–Trinajstić information content (AvgIpc) is 2.75. The highest BCUT2D eigenvalue weighted by molar-refractivity contribution is 5.74. The molecule has 0 bridgehead atoms. The van der Waals surface area contributed by atoms with Crippen molar-refractivity contribution in [3.63, 3.8) is 0 Å². The molecule has 0 saturated carbocycles. The monoisotopic (exact) mass is 536 g/mol. The Kier molecular flexibility index (Phi) is 11.3. The highest BCUT2D eigenvalue weighted by atomic mass is 16.4. The van der Waals surface area contributed by atoms with E-state index in [-0.39, 0.29) is 28.6 Å². The molecule has 2 rings (SSSR count). The molecule has 0 aromatic rings. The minimum absolute atomic E-state index is 0.0764. The maximum atomic E-state index is 13.2. The first-order valence-corrected chi connectivity index (χ1v) is 15.5. The van der Waals surface area contributed by atoms with Gasteiger partial charge in [-0.25, -0.2) is 0 Å². The van der Waals surface area contributed by atoms with E-state index in [9.17, 15) is 14.7 Å². The van der Waals surface area contributed by atoms with E-state index in [1.807, 2.05) is 0 Å². The molecule has 0 amide bonds. The average molecular weight is 537 g/mol. The second-order valence-corrected chi connectivity index (χ2v) is 15.0. The quantitative estimate of drug-likeness (QED) is 0.208. The summed E-state index contributed by atoms with van der Waals surface area (Å²) in [5.74, 6) is -1.37. The molecule has 0 unspecified atom stereocenters. The van der Waals surface area contributed by atoms with Gasteiger partial charge in [-0.15, -0.1) is 0 Å². The third-order valence-electron chi connectivity index (χ3n) is 10.2. The van der Waals surface area contributed by atoms with Crippen LogP contribution in [0.1, 0.15) is 152 Å². The highest BCUT2D eigenvalue weighted by Crippen LogP contribution is 2.44. The maximum absolute atomic E-state index is 13.2. The first kappa shape index (κ1) is 33.1. The Morgan fingerprint density at radius 2 is 0.974 bits per heavy atom. The van der Waals surface area contributed by atoms with Gasteiger partial charge in [0.2, 0.25) is 0 Å². The second-order valence-electron chi connectivity index (χ2n) is 15.0. The van der Waals surface area contributed by atoms with E-state index in [4.69, 9.17) is 5.11 Å². The zero-order valence-electron chi connectivity index (χ0n) is 26.1. The summed E-state index contributed by atoms with van der Waals surface area (Å²) in [6.07, 6.45) is 13.8. The van der Waals surface area contributed by atoms with Gasteiger partial charge in [0, 0.05) is 41.7 Å². The van der Waals surface area contributed by atoms with Crippen molar-refractivity contribution >= 4 is 11.9 Å². The van der Waals surface area contributed by atoms with Crippen LogP contribution in [0.4, 0.5) is 0 Å². The summed E-state index contributed by atoms with van der Waals surface area (Å²) in [5.41, 5.74) is -0.436. The summed E-state index contributed by atoms with van der Waals surface area (Å²) in [6.45, 7) is 20.2. The van der Waals surface area contributed by atoms with Crippen molar-refractivity contribution in [2.45, 2.75) is 174 Å². The van der Waals surface area contributed by atoms with Crippen molar-refractivity contribution in [3.05, 3.63) is 0 Å². The largest absolute Gasteiger partial charge is 0.481 e. The summed E-state index contributed by atoms with van der Waals surface area (Å²) in [4.78, 5) is 29.2. The van der Waals surface area contributed by atoms with Gasteiger partial charge in [0.1, 0.15) is 0 Å². The molecule has 0 aromatic heterocycles. The number of nitrogens with zero attached hydrogens (tertiary/aromatic N) is 2. The van der Waals surface area contributed by atoms with Gasteiger partial charge in [0.25, 0.3) is 0 Å². The molecule has 38 heavy (non-hydrogen) atoms. The third kappa shape index (κ3) is 8.68. The molecular formula is C32H60N2O4. The fraction of sp³-hybridized carbons (Fsp3) is 0.938. The van der Waals surface area contributed by atoms with Gasteiger partial charge in [0.15, 0.2) is 0 Å². The van der Waals surface area contributed by atoms with Crippen LogP contribution < -0.4 is 0 Å². The molecule has 222 valence electrons. The lowest BCUT2D eigenvalue weighted by Crippen LogP contribution is -2.60. The van der Waals surface area contributed by atoms with Crippen LogP contribution in [0, 0.1) is 5.41 Å². The summed E-state index contributed by atoms with van der Waals surface area (Å²) < 4.78 is 0. The van der Waals surface area contributed by atoms with E-state index < -0.39 is 17.4 Å². The molecule has 0 atom stereocenters. The molecule has 0 aromatic carbocycles. The van der Waals surface area contributed by atoms with Gasteiger partial charge < -0.3 is 10.2 Å². The van der Waals surface area contributed by atoms with Gasteiger partial charge in [-0.3, -0.25) is 19.4 Å². The van der Waals surface area contributed by atoms with Crippen molar-refractivity contribution in [3.8, 4) is 0 Å². The second kappa shape index (κ2) is 13.0. The van der Waals surface area contributed by atoms with E-state index in [0.29, 0.717) is 25.7 Å². The van der Waals surface area contributed by atoms with Crippen LogP contribution in [0.15, 0.2) is 0 Å². The zero-order valence-corrected chi connectivity index (χ0v) is 26.1. The number of unbranched alkanes of at least 4 members (excludes halogenated alkanes) is 4. The predicted molar refractivity (Wildman–Crippen MR) is 157 cm³/mol. The highest BCUT2D eigenvalue weighted by Gasteiger charge is 2.46. The SMILES string of the molecule is CC1(C)CCCC(C)(C)N1CCC(CCCCCCCC(=O)O)(CCN1C(C)(C)CCCC1(C)C)C(=O)O. The molecular weight excluding hydrogens is 476 g/mol. The Hall–Kier alpha value is -1.14. The minimum Gasteiger partial charge on any atom is -0.481 e. The van der Waals surface area contributed by atoms with Crippen molar-refractivity contribution < 1.29 is 19.8 Å². The number of carboxylic acid groups (broad SMARTS) is 2. The molecule has 6 nitrogen and oxygen atoms in total. The van der Waals surface area contributed by atoms with E-state index in [0.717, 1.165) is 64.5 Å². The predicted octanol–water partition coefficient (Wildman–Crippen LogP) is 7.74. The molecule has 6 heteroatoms. The topological polar surface area (TPSA) is 81.1 Å². The number of rotatable bonds is 15. The van der Waals surface area contributed by atoms with Crippen molar-refractivity contribution in [2.75, 3.05) is 13.1 Å². The standard InChI is InChI=1S/C32H60N2O4/c1-28(2)17-14-18-29(3,4)33(28)24-22-32(27(37)38,21-13-11-9-10-12-16-26(35)36)23-25-34-30(5,6)19-15-20-31(34,7)8/h9-25H2,1-8H3,(H,35,36)(H,37,38). The molecule has 2 N–H and O–H groups in total. The molecule has 2 aliphatic rings. The smallest absolute Gasteiger partial charge is 0.309 e. The van der Waals surface area contributed by atoms with Crippen LogP contribution in [0.3, 0.4) is 0 Å². The lowest BCUT2D eigenvalue weighted by atomic mass is 9.73. The minimum atomic E-state index is -0.742. The summed E-state index contributed by atoms with van der Waals surface area (Å²) in [7, 11) is 0. The van der Waals surface area contributed by atoms with Gasteiger partial charge in [-0.05, 0) is 120 Å². The van der Waals surface area contributed by atoms with Gasteiger partial charge in [0.05, 0.1) is 5.41 Å². The Balaban J connectivity index is 2.20.